The summed E-state index contributed by atoms with van der Waals surface area (Å²) in [4.78, 5) is 15.2. The molecule has 3 aromatic rings. The Kier molecular flexibility index (Phi) is 6.36. The molecule has 0 aliphatic carbocycles. The van der Waals surface area contributed by atoms with E-state index in [4.69, 9.17) is 4.42 Å². The maximum Gasteiger partial charge on any atom is 0.416 e. The summed E-state index contributed by atoms with van der Waals surface area (Å²) in [6.45, 7) is 3.90. The summed E-state index contributed by atoms with van der Waals surface area (Å²) in [5.41, 5.74) is 0.269. The number of alkyl halides is 3. The molecule has 1 fully saturated rings. The zero-order chi connectivity index (χ0) is 22.7. The molecule has 1 amide bonds. The second kappa shape index (κ2) is 9.20. The first-order valence-electron chi connectivity index (χ1n) is 10.6. The molecule has 0 bridgehead atoms. The van der Waals surface area contributed by atoms with E-state index in [-0.39, 0.29) is 17.6 Å². The number of benzene rings is 1. The van der Waals surface area contributed by atoms with Crippen LogP contribution in [0.5, 0.6) is 0 Å². The molecule has 1 unspecified atom stereocenters. The summed E-state index contributed by atoms with van der Waals surface area (Å²) in [5.74, 6) is 0.470. The van der Waals surface area contributed by atoms with E-state index in [1.54, 1.807) is 13.2 Å². The van der Waals surface area contributed by atoms with E-state index in [2.05, 4.69) is 15.3 Å². The number of amides is 1. The smallest absolute Gasteiger partial charge is 0.416 e. The fourth-order valence-corrected chi connectivity index (χ4v) is 4.11. The number of hydrogen-bond donors (Lipinski definition) is 1. The molecule has 0 spiro atoms. The third kappa shape index (κ3) is 4.72. The van der Waals surface area contributed by atoms with Gasteiger partial charge in [-0.1, -0.05) is 12.5 Å². The van der Waals surface area contributed by atoms with E-state index in [1.165, 1.54) is 29.4 Å². The number of hydrogen-bond acceptors (Lipinski definition) is 4. The lowest BCUT2D eigenvalue weighted by Crippen LogP contribution is -2.40. The average molecular weight is 446 g/mol. The molecule has 0 saturated carbocycles. The standard InChI is InChI=1S/C23H25F3N4O2/c1-16-19(14-28-30(16)18-8-5-7-17(13-18)23(24,25)26)22(31)27-15-20(21-9-6-12-32-21)29-10-3-2-4-11-29/h5-9,12-14,20H,2-4,10-11,15H2,1H3,(H,27,31). The first-order valence-corrected chi connectivity index (χ1v) is 10.6. The average Bonchev–Trinajstić information content (AvgIpc) is 3.44. The van der Waals surface area contributed by atoms with Gasteiger partial charge in [0.1, 0.15) is 5.76 Å². The Balaban J connectivity index is 1.50. The third-order valence-corrected chi connectivity index (χ3v) is 5.83. The Labute approximate surface area is 184 Å². The summed E-state index contributed by atoms with van der Waals surface area (Å²) in [6, 6.07) is 8.54. The van der Waals surface area contributed by atoms with Crippen molar-refractivity contribution in [1.82, 2.24) is 20.0 Å². The van der Waals surface area contributed by atoms with Crippen molar-refractivity contribution < 1.29 is 22.4 Å². The van der Waals surface area contributed by atoms with Crippen molar-refractivity contribution in [2.45, 2.75) is 38.4 Å². The van der Waals surface area contributed by atoms with Crippen molar-refractivity contribution in [3.8, 4) is 5.69 Å². The van der Waals surface area contributed by atoms with Gasteiger partial charge in [0, 0.05) is 6.54 Å². The van der Waals surface area contributed by atoms with Gasteiger partial charge in [0.05, 0.1) is 41.0 Å². The Morgan fingerprint density at radius 1 is 1.19 bits per heavy atom. The van der Waals surface area contributed by atoms with Gasteiger partial charge in [0.25, 0.3) is 5.91 Å². The molecule has 1 aliphatic heterocycles. The summed E-state index contributed by atoms with van der Waals surface area (Å²) in [5, 5.41) is 7.11. The van der Waals surface area contributed by atoms with E-state index in [9.17, 15) is 18.0 Å². The van der Waals surface area contributed by atoms with Gasteiger partial charge < -0.3 is 9.73 Å². The normalized spacial score (nSPS) is 16.1. The first-order chi connectivity index (χ1) is 15.3. The molecule has 1 aliphatic rings. The zero-order valence-electron chi connectivity index (χ0n) is 17.7. The van der Waals surface area contributed by atoms with Gasteiger partial charge in [0.15, 0.2) is 0 Å². The molecular formula is C23H25F3N4O2. The van der Waals surface area contributed by atoms with Crippen molar-refractivity contribution in [3.05, 3.63) is 71.4 Å². The number of carbonyl (C=O) groups is 1. The maximum atomic E-state index is 13.1. The second-order valence-electron chi connectivity index (χ2n) is 7.94. The summed E-state index contributed by atoms with van der Waals surface area (Å²) < 4.78 is 46.1. The number of nitrogens with one attached hydrogen (secondary N) is 1. The van der Waals surface area contributed by atoms with E-state index < -0.39 is 11.7 Å². The highest BCUT2D eigenvalue weighted by Gasteiger charge is 2.31. The van der Waals surface area contributed by atoms with Crippen molar-refractivity contribution >= 4 is 5.91 Å². The summed E-state index contributed by atoms with van der Waals surface area (Å²) >= 11 is 0. The second-order valence-corrected chi connectivity index (χ2v) is 7.94. The van der Waals surface area contributed by atoms with Gasteiger partial charge in [-0.05, 0) is 63.2 Å². The minimum absolute atomic E-state index is 0.0759. The molecule has 1 N–H and O–H groups in total. The molecular weight excluding hydrogens is 421 g/mol. The van der Waals surface area contributed by atoms with E-state index >= 15 is 0 Å². The van der Waals surface area contributed by atoms with Gasteiger partial charge in [-0.25, -0.2) is 4.68 Å². The molecule has 2 aromatic heterocycles. The first kappa shape index (κ1) is 22.1. The Bertz CT molecular complexity index is 1050. The zero-order valence-corrected chi connectivity index (χ0v) is 17.7. The Morgan fingerprint density at radius 3 is 2.66 bits per heavy atom. The number of furan rings is 1. The van der Waals surface area contributed by atoms with Gasteiger partial charge in [-0.2, -0.15) is 18.3 Å². The van der Waals surface area contributed by atoms with E-state index in [0.29, 0.717) is 17.8 Å². The lowest BCUT2D eigenvalue weighted by atomic mass is 10.1. The van der Waals surface area contributed by atoms with E-state index in [0.717, 1.165) is 43.8 Å². The minimum Gasteiger partial charge on any atom is -0.468 e. The predicted molar refractivity (Wildman–Crippen MR) is 113 cm³/mol. The van der Waals surface area contributed by atoms with Crippen LogP contribution in [0.1, 0.15) is 52.7 Å². The topological polar surface area (TPSA) is 63.3 Å². The highest BCUT2D eigenvalue weighted by molar-refractivity contribution is 5.95. The summed E-state index contributed by atoms with van der Waals surface area (Å²) in [7, 11) is 0. The number of rotatable bonds is 6. The van der Waals surface area contributed by atoms with Crippen molar-refractivity contribution in [2.75, 3.05) is 19.6 Å². The van der Waals surface area contributed by atoms with Crippen molar-refractivity contribution in [3.63, 3.8) is 0 Å². The summed E-state index contributed by atoms with van der Waals surface area (Å²) in [6.07, 6.45) is 1.96. The van der Waals surface area contributed by atoms with Crippen LogP contribution in [0.15, 0.2) is 53.3 Å². The van der Waals surface area contributed by atoms with Crippen LogP contribution >= 0.6 is 0 Å². The molecule has 32 heavy (non-hydrogen) atoms. The van der Waals surface area contributed by atoms with Crippen molar-refractivity contribution in [1.29, 1.82) is 0 Å². The van der Waals surface area contributed by atoms with Crippen LogP contribution in [0.3, 0.4) is 0 Å². The molecule has 4 rings (SSSR count). The van der Waals surface area contributed by atoms with Gasteiger partial charge in [-0.15, -0.1) is 0 Å². The molecule has 3 heterocycles. The molecule has 1 atom stereocenters. The highest BCUT2D eigenvalue weighted by Crippen LogP contribution is 2.30. The lowest BCUT2D eigenvalue weighted by molar-refractivity contribution is -0.137. The van der Waals surface area contributed by atoms with Gasteiger partial charge >= 0.3 is 6.18 Å². The van der Waals surface area contributed by atoms with E-state index in [1.807, 2.05) is 12.1 Å². The fourth-order valence-electron chi connectivity index (χ4n) is 4.11. The van der Waals surface area contributed by atoms with Gasteiger partial charge in [-0.3, -0.25) is 9.69 Å². The third-order valence-electron chi connectivity index (χ3n) is 5.83. The number of piperidine rings is 1. The monoisotopic (exact) mass is 446 g/mol. The van der Waals surface area contributed by atoms with Crippen LogP contribution in [0, 0.1) is 6.92 Å². The SMILES string of the molecule is Cc1c(C(=O)NCC(c2ccco2)N2CCCCC2)cnn1-c1cccc(C(F)(F)F)c1. The minimum atomic E-state index is -4.45. The molecule has 0 radical (unpaired) electrons. The number of likely N-dealkylation sites (tertiary alicyclic amines) is 1. The Morgan fingerprint density at radius 2 is 1.97 bits per heavy atom. The number of aromatic nitrogens is 2. The molecule has 170 valence electrons. The number of halogens is 3. The van der Waals surface area contributed by atoms with Crippen molar-refractivity contribution in [2.24, 2.45) is 0 Å². The fraction of sp³-hybridized carbons (Fsp3) is 0.391. The predicted octanol–water partition coefficient (Wildman–Crippen LogP) is 4.75. The number of carbonyl (C=O) groups excluding carboxylic acids is 1. The Hall–Kier alpha value is -3.07. The maximum absolute atomic E-state index is 13.1. The highest BCUT2D eigenvalue weighted by atomic mass is 19.4. The largest absolute Gasteiger partial charge is 0.468 e. The lowest BCUT2D eigenvalue weighted by Gasteiger charge is -2.33. The molecule has 1 aromatic carbocycles. The van der Waals surface area contributed by atoms with Crippen LogP contribution in [0.2, 0.25) is 0 Å². The van der Waals surface area contributed by atoms with Crippen LogP contribution in [-0.4, -0.2) is 40.2 Å². The van der Waals surface area contributed by atoms with Crippen LogP contribution in [-0.2, 0) is 6.18 Å². The van der Waals surface area contributed by atoms with Crippen LogP contribution in [0.4, 0.5) is 13.2 Å². The molecule has 9 heteroatoms. The molecule has 6 nitrogen and oxygen atoms in total. The quantitative estimate of drug-likeness (QED) is 0.594. The van der Waals surface area contributed by atoms with Crippen LogP contribution < -0.4 is 5.32 Å². The molecule has 1 saturated heterocycles. The number of nitrogens with zero attached hydrogens (tertiary/aromatic N) is 3. The van der Waals surface area contributed by atoms with Gasteiger partial charge in [0.2, 0.25) is 0 Å². The van der Waals surface area contributed by atoms with Crippen LogP contribution in [0.25, 0.3) is 5.69 Å².